The topological polar surface area (TPSA) is 56.7 Å². The second-order valence-electron chi connectivity index (χ2n) is 6.09. The second kappa shape index (κ2) is 8.56. The first-order chi connectivity index (χ1) is 11.1. The fourth-order valence-electron chi connectivity index (χ4n) is 2.87. The van der Waals surface area contributed by atoms with Crippen LogP contribution in [0.4, 0.5) is 0 Å². The van der Waals surface area contributed by atoms with Crippen LogP contribution < -0.4 is 10.6 Å². The highest BCUT2D eigenvalue weighted by Gasteiger charge is 2.25. The van der Waals surface area contributed by atoms with Gasteiger partial charge in [-0.1, -0.05) is 44.2 Å². The normalized spacial score (nSPS) is 19.5. The van der Waals surface area contributed by atoms with Crippen molar-refractivity contribution in [1.82, 2.24) is 15.5 Å². The molecule has 0 aliphatic carbocycles. The number of hydrogen-bond acceptors (Lipinski definition) is 2. The van der Waals surface area contributed by atoms with Crippen LogP contribution in [0.25, 0.3) is 0 Å². The summed E-state index contributed by atoms with van der Waals surface area (Å²) in [7, 11) is 1.78. The van der Waals surface area contributed by atoms with E-state index in [-0.39, 0.29) is 11.9 Å². The third-order valence-corrected chi connectivity index (χ3v) is 4.35. The molecule has 0 saturated carbocycles. The van der Waals surface area contributed by atoms with E-state index in [1.165, 1.54) is 5.56 Å². The molecule has 2 rings (SSSR count). The van der Waals surface area contributed by atoms with Gasteiger partial charge in [0.15, 0.2) is 5.96 Å². The molecule has 23 heavy (non-hydrogen) atoms. The number of aliphatic imine (C=N–C) groups is 1. The van der Waals surface area contributed by atoms with Crippen molar-refractivity contribution in [1.29, 1.82) is 0 Å². The molecule has 2 N–H and O–H groups in total. The lowest BCUT2D eigenvalue weighted by Crippen LogP contribution is -2.45. The number of rotatable bonds is 5. The zero-order valence-corrected chi connectivity index (χ0v) is 14.4. The minimum Gasteiger partial charge on any atom is -0.356 e. The van der Waals surface area contributed by atoms with Crippen LogP contribution in [-0.2, 0) is 4.79 Å². The second-order valence-corrected chi connectivity index (χ2v) is 6.09. The van der Waals surface area contributed by atoms with Crippen LogP contribution >= 0.6 is 0 Å². The smallest absolute Gasteiger partial charge is 0.222 e. The molecule has 1 heterocycles. The summed E-state index contributed by atoms with van der Waals surface area (Å²) in [6.07, 6.45) is 1.55. The van der Waals surface area contributed by atoms with E-state index in [1.54, 1.807) is 7.05 Å². The van der Waals surface area contributed by atoms with Gasteiger partial charge in [0, 0.05) is 39.1 Å². The van der Waals surface area contributed by atoms with Crippen molar-refractivity contribution in [3.63, 3.8) is 0 Å². The molecular weight excluding hydrogens is 288 g/mol. The predicted molar refractivity (Wildman–Crippen MR) is 94.6 cm³/mol. The van der Waals surface area contributed by atoms with Crippen LogP contribution in [0, 0.1) is 0 Å². The molecule has 1 saturated heterocycles. The summed E-state index contributed by atoms with van der Waals surface area (Å²) in [5.74, 6) is 1.45. The number of benzene rings is 1. The van der Waals surface area contributed by atoms with Crippen molar-refractivity contribution in [3.05, 3.63) is 35.9 Å². The van der Waals surface area contributed by atoms with Crippen LogP contribution in [0.3, 0.4) is 0 Å². The highest BCUT2D eigenvalue weighted by Crippen LogP contribution is 2.13. The minimum absolute atomic E-state index is 0.231. The molecule has 0 aromatic heterocycles. The summed E-state index contributed by atoms with van der Waals surface area (Å²) in [5, 5.41) is 6.81. The average Bonchev–Trinajstić information content (AvgIpc) is 3.06. The number of carbonyl (C=O) groups is 1. The lowest BCUT2D eigenvalue weighted by Gasteiger charge is -2.20. The van der Waals surface area contributed by atoms with Crippen molar-refractivity contribution in [3.8, 4) is 0 Å². The Morgan fingerprint density at radius 2 is 2.13 bits per heavy atom. The van der Waals surface area contributed by atoms with E-state index >= 15 is 0 Å². The van der Waals surface area contributed by atoms with Gasteiger partial charge in [0.2, 0.25) is 5.91 Å². The maximum absolute atomic E-state index is 11.7. The van der Waals surface area contributed by atoms with E-state index in [0.29, 0.717) is 12.3 Å². The van der Waals surface area contributed by atoms with Crippen LogP contribution in [0.5, 0.6) is 0 Å². The van der Waals surface area contributed by atoms with Crippen molar-refractivity contribution in [2.75, 3.05) is 26.7 Å². The zero-order chi connectivity index (χ0) is 16.7. The van der Waals surface area contributed by atoms with E-state index in [2.05, 4.69) is 46.8 Å². The number of guanidine groups is 1. The summed E-state index contributed by atoms with van der Waals surface area (Å²) < 4.78 is 0. The SMILES string of the molecule is CCC(=O)N1CCC(NC(=NC)NCC(C)c2ccccc2)C1. The molecular formula is C18H28N4O. The van der Waals surface area contributed by atoms with Gasteiger partial charge in [-0.15, -0.1) is 0 Å². The van der Waals surface area contributed by atoms with E-state index in [0.717, 1.165) is 32.0 Å². The largest absolute Gasteiger partial charge is 0.356 e. The Labute approximate surface area is 139 Å². The van der Waals surface area contributed by atoms with Gasteiger partial charge in [-0.3, -0.25) is 9.79 Å². The van der Waals surface area contributed by atoms with Gasteiger partial charge in [-0.05, 0) is 17.9 Å². The number of amides is 1. The van der Waals surface area contributed by atoms with Gasteiger partial charge in [-0.25, -0.2) is 0 Å². The van der Waals surface area contributed by atoms with Crippen molar-refractivity contribution >= 4 is 11.9 Å². The monoisotopic (exact) mass is 316 g/mol. The Kier molecular flexibility index (Phi) is 6.44. The van der Waals surface area contributed by atoms with Crippen LogP contribution in [0.2, 0.25) is 0 Å². The minimum atomic E-state index is 0.231. The quantitative estimate of drug-likeness (QED) is 0.645. The van der Waals surface area contributed by atoms with E-state index < -0.39 is 0 Å². The molecule has 5 nitrogen and oxygen atoms in total. The molecule has 0 radical (unpaired) electrons. The van der Waals surface area contributed by atoms with Crippen molar-refractivity contribution in [2.24, 2.45) is 4.99 Å². The Morgan fingerprint density at radius 3 is 2.78 bits per heavy atom. The fourth-order valence-corrected chi connectivity index (χ4v) is 2.87. The first-order valence-electron chi connectivity index (χ1n) is 8.44. The molecule has 1 aromatic rings. The first-order valence-corrected chi connectivity index (χ1v) is 8.44. The molecule has 1 aromatic carbocycles. The van der Waals surface area contributed by atoms with Crippen LogP contribution in [0.15, 0.2) is 35.3 Å². The van der Waals surface area contributed by atoms with Gasteiger partial charge in [0.25, 0.3) is 0 Å². The zero-order valence-electron chi connectivity index (χ0n) is 14.4. The molecule has 5 heteroatoms. The number of nitrogens with zero attached hydrogens (tertiary/aromatic N) is 2. The Balaban J connectivity index is 1.79. The molecule has 1 aliphatic heterocycles. The molecule has 1 amide bonds. The number of nitrogens with one attached hydrogen (secondary N) is 2. The Hall–Kier alpha value is -2.04. The molecule has 2 atom stereocenters. The third-order valence-electron chi connectivity index (χ3n) is 4.35. The molecule has 126 valence electrons. The maximum atomic E-state index is 11.7. The van der Waals surface area contributed by atoms with Crippen molar-refractivity contribution < 1.29 is 4.79 Å². The van der Waals surface area contributed by atoms with E-state index in [4.69, 9.17) is 0 Å². The summed E-state index contributed by atoms with van der Waals surface area (Å²) in [6, 6.07) is 10.7. The first kappa shape index (κ1) is 17.3. The van der Waals surface area contributed by atoms with Crippen LogP contribution in [0.1, 0.15) is 38.2 Å². The maximum Gasteiger partial charge on any atom is 0.222 e. The number of hydrogen-bond donors (Lipinski definition) is 2. The highest BCUT2D eigenvalue weighted by atomic mass is 16.2. The fraction of sp³-hybridized carbons (Fsp3) is 0.556. The van der Waals surface area contributed by atoms with Gasteiger partial charge in [0.1, 0.15) is 0 Å². The van der Waals surface area contributed by atoms with Gasteiger partial charge >= 0.3 is 0 Å². The van der Waals surface area contributed by atoms with Gasteiger partial charge < -0.3 is 15.5 Å². The summed E-state index contributed by atoms with van der Waals surface area (Å²) >= 11 is 0. The summed E-state index contributed by atoms with van der Waals surface area (Å²) in [5.41, 5.74) is 1.32. The lowest BCUT2D eigenvalue weighted by atomic mass is 10.0. The van der Waals surface area contributed by atoms with E-state index in [1.807, 2.05) is 17.9 Å². The van der Waals surface area contributed by atoms with Gasteiger partial charge in [-0.2, -0.15) is 0 Å². The molecule has 0 spiro atoms. The average molecular weight is 316 g/mol. The third kappa shape index (κ3) is 4.98. The van der Waals surface area contributed by atoms with Gasteiger partial charge in [0.05, 0.1) is 0 Å². The van der Waals surface area contributed by atoms with Crippen LogP contribution in [-0.4, -0.2) is 49.5 Å². The van der Waals surface area contributed by atoms with Crippen molar-refractivity contribution in [2.45, 2.75) is 38.6 Å². The number of likely N-dealkylation sites (tertiary alicyclic amines) is 1. The Bertz CT molecular complexity index is 529. The Morgan fingerprint density at radius 1 is 1.39 bits per heavy atom. The summed E-state index contributed by atoms with van der Waals surface area (Å²) in [4.78, 5) is 18.0. The standard InChI is InChI=1S/C18H28N4O/c1-4-17(23)22-11-10-16(13-22)21-18(19-3)20-12-14(2)15-8-6-5-7-9-15/h5-9,14,16H,4,10-13H2,1-3H3,(H2,19,20,21). The number of carbonyl (C=O) groups excluding carboxylic acids is 1. The predicted octanol–water partition coefficient (Wildman–Crippen LogP) is 1.97. The highest BCUT2D eigenvalue weighted by molar-refractivity contribution is 5.80. The summed E-state index contributed by atoms with van der Waals surface area (Å²) in [6.45, 7) is 6.54. The molecule has 1 aliphatic rings. The molecule has 2 unspecified atom stereocenters. The lowest BCUT2D eigenvalue weighted by molar-refractivity contribution is -0.129. The van der Waals surface area contributed by atoms with E-state index in [9.17, 15) is 4.79 Å². The molecule has 0 bridgehead atoms. The molecule has 1 fully saturated rings.